The Morgan fingerprint density at radius 2 is 1.84 bits per heavy atom. The lowest BCUT2D eigenvalue weighted by atomic mass is 10.00. The predicted molar refractivity (Wildman–Crippen MR) is 76.4 cm³/mol. The van der Waals surface area contributed by atoms with Crippen molar-refractivity contribution in [3.8, 4) is 11.5 Å². The van der Waals surface area contributed by atoms with Crippen LogP contribution in [0.3, 0.4) is 0 Å². The van der Waals surface area contributed by atoms with E-state index in [9.17, 15) is 5.11 Å². The van der Waals surface area contributed by atoms with Gasteiger partial charge in [0.25, 0.3) is 0 Å². The van der Waals surface area contributed by atoms with Gasteiger partial charge in [0.1, 0.15) is 6.61 Å². The van der Waals surface area contributed by atoms with Crippen molar-refractivity contribution in [3.63, 3.8) is 0 Å². The maximum atomic E-state index is 10.2. The second-order valence-corrected chi connectivity index (χ2v) is 4.61. The number of rotatable bonds is 5. The molecule has 0 aliphatic heterocycles. The van der Waals surface area contributed by atoms with Gasteiger partial charge in [-0.05, 0) is 24.1 Å². The second kappa shape index (κ2) is 6.25. The van der Waals surface area contributed by atoms with Gasteiger partial charge in [-0.1, -0.05) is 49.4 Å². The van der Waals surface area contributed by atoms with Crippen molar-refractivity contribution in [2.24, 2.45) is 5.73 Å². The van der Waals surface area contributed by atoms with Gasteiger partial charge < -0.3 is 15.6 Å². The Labute approximate surface area is 113 Å². The molecule has 2 aromatic carbocycles. The Bertz CT molecular complexity index is 526. The number of ether oxygens (including phenoxy) is 1. The van der Waals surface area contributed by atoms with Crippen LogP contribution in [-0.2, 0) is 6.61 Å². The summed E-state index contributed by atoms with van der Waals surface area (Å²) in [6, 6.07) is 15.4. The summed E-state index contributed by atoms with van der Waals surface area (Å²) < 4.78 is 5.67. The summed E-state index contributed by atoms with van der Waals surface area (Å²) in [5.41, 5.74) is 7.53. The van der Waals surface area contributed by atoms with Crippen molar-refractivity contribution < 1.29 is 9.84 Å². The summed E-state index contributed by atoms with van der Waals surface area (Å²) in [6.07, 6.45) is 0. The first-order valence-electron chi connectivity index (χ1n) is 6.41. The first-order chi connectivity index (χ1) is 9.22. The molecule has 0 saturated carbocycles. The van der Waals surface area contributed by atoms with E-state index in [0.29, 0.717) is 18.9 Å². The lowest BCUT2D eigenvalue weighted by Crippen LogP contribution is -2.09. The largest absolute Gasteiger partial charge is 0.504 e. The van der Waals surface area contributed by atoms with Gasteiger partial charge >= 0.3 is 0 Å². The van der Waals surface area contributed by atoms with Gasteiger partial charge in [0.2, 0.25) is 0 Å². The molecule has 2 rings (SSSR count). The lowest BCUT2D eigenvalue weighted by Gasteiger charge is -2.14. The molecule has 0 aliphatic carbocycles. The highest BCUT2D eigenvalue weighted by molar-refractivity contribution is 5.47. The van der Waals surface area contributed by atoms with E-state index in [1.165, 1.54) is 0 Å². The molecule has 2 aromatic rings. The Balaban J connectivity index is 2.13. The molecular weight excluding hydrogens is 238 g/mol. The Hall–Kier alpha value is -2.00. The summed E-state index contributed by atoms with van der Waals surface area (Å²) in [4.78, 5) is 0. The van der Waals surface area contributed by atoms with Crippen LogP contribution in [0.25, 0.3) is 0 Å². The van der Waals surface area contributed by atoms with Crippen molar-refractivity contribution in [1.82, 2.24) is 0 Å². The number of phenols is 1. The Morgan fingerprint density at radius 3 is 2.53 bits per heavy atom. The molecule has 0 fully saturated rings. The maximum Gasteiger partial charge on any atom is 0.161 e. The highest BCUT2D eigenvalue weighted by Gasteiger charge is 2.13. The molecule has 0 heterocycles. The summed E-state index contributed by atoms with van der Waals surface area (Å²) in [5, 5.41) is 10.2. The van der Waals surface area contributed by atoms with E-state index >= 15 is 0 Å². The van der Waals surface area contributed by atoms with Gasteiger partial charge in [-0.25, -0.2) is 0 Å². The molecule has 0 bridgehead atoms. The minimum Gasteiger partial charge on any atom is -0.504 e. The minimum atomic E-state index is 0.111. The number of phenolic OH excluding ortho intramolecular Hbond substituents is 1. The quantitative estimate of drug-likeness (QED) is 0.865. The highest BCUT2D eigenvalue weighted by Crippen LogP contribution is 2.34. The molecule has 0 amide bonds. The van der Waals surface area contributed by atoms with E-state index < -0.39 is 0 Å². The first kappa shape index (κ1) is 13.4. The molecular formula is C16H19NO2. The minimum absolute atomic E-state index is 0.111. The fourth-order valence-corrected chi connectivity index (χ4v) is 1.92. The molecule has 100 valence electrons. The molecule has 1 unspecified atom stereocenters. The van der Waals surface area contributed by atoms with Gasteiger partial charge in [0.05, 0.1) is 0 Å². The summed E-state index contributed by atoms with van der Waals surface area (Å²) in [7, 11) is 0. The third-order valence-corrected chi connectivity index (χ3v) is 3.15. The fourth-order valence-electron chi connectivity index (χ4n) is 1.92. The molecule has 0 aromatic heterocycles. The van der Waals surface area contributed by atoms with Crippen LogP contribution in [0.2, 0.25) is 0 Å². The molecule has 3 nitrogen and oxygen atoms in total. The van der Waals surface area contributed by atoms with Crippen LogP contribution in [0.15, 0.2) is 48.5 Å². The van der Waals surface area contributed by atoms with Crippen LogP contribution in [0, 0.1) is 0 Å². The van der Waals surface area contributed by atoms with Crippen molar-refractivity contribution in [2.75, 3.05) is 6.54 Å². The Kier molecular flexibility index (Phi) is 4.42. The number of nitrogens with two attached hydrogens (primary N) is 1. The SMILES string of the molecule is CC(CN)c1cccc(OCc2ccccc2)c1O. The van der Waals surface area contributed by atoms with E-state index in [2.05, 4.69) is 0 Å². The van der Waals surface area contributed by atoms with E-state index in [1.807, 2.05) is 49.4 Å². The van der Waals surface area contributed by atoms with E-state index in [-0.39, 0.29) is 11.7 Å². The van der Waals surface area contributed by atoms with Gasteiger partial charge in [0, 0.05) is 5.56 Å². The number of hydrogen-bond acceptors (Lipinski definition) is 3. The zero-order valence-electron chi connectivity index (χ0n) is 11.0. The number of benzene rings is 2. The normalized spacial score (nSPS) is 12.1. The van der Waals surface area contributed by atoms with Crippen LogP contribution in [-0.4, -0.2) is 11.7 Å². The van der Waals surface area contributed by atoms with Crippen LogP contribution in [0.1, 0.15) is 24.0 Å². The van der Waals surface area contributed by atoms with Crippen molar-refractivity contribution in [2.45, 2.75) is 19.4 Å². The summed E-state index contributed by atoms with van der Waals surface area (Å²) in [6.45, 7) is 2.92. The topological polar surface area (TPSA) is 55.5 Å². The van der Waals surface area contributed by atoms with Crippen molar-refractivity contribution >= 4 is 0 Å². The fraction of sp³-hybridized carbons (Fsp3) is 0.250. The van der Waals surface area contributed by atoms with Gasteiger partial charge in [-0.3, -0.25) is 0 Å². The van der Waals surface area contributed by atoms with Crippen LogP contribution >= 0.6 is 0 Å². The lowest BCUT2D eigenvalue weighted by molar-refractivity contribution is 0.287. The predicted octanol–water partition coefficient (Wildman–Crippen LogP) is 3.03. The molecule has 0 spiro atoms. The zero-order valence-corrected chi connectivity index (χ0v) is 11.0. The van der Waals surface area contributed by atoms with Gasteiger partial charge in [0.15, 0.2) is 11.5 Å². The van der Waals surface area contributed by atoms with E-state index in [4.69, 9.17) is 10.5 Å². The van der Waals surface area contributed by atoms with E-state index in [0.717, 1.165) is 11.1 Å². The standard InChI is InChI=1S/C16H19NO2/c1-12(10-17)14-8-5-9-15(16(14)18)19-11-13-6-3-2-4-7-13/h2-9,12,18H,10-11,17H2,1H3. The van der Waals surface area contributed by atoms with Gasteiger partial charge in [-0.15, -0.1) is 0 Å². The monoisotopic (exact) mass is 257 g/mol. The highest BCUT2D eigenvalue weighted by atomic mass is 16.5. The van der Waals surface area contributed by atoms with E-state index in [1.54, 1.807) is 6.07 Å². The van der Waals surface area contributed by atoms with Crippen LogP contribution in [0.4, 0.5) is 0 Å². The summed E-state index contributed by atoms with van der Waals surface area (Å²) in [5.74, 6) is 0.804. The Morgan fingerprint density at radius 1 is 1.11 bits per heavy atom. The number of aromatic hydroxyl groups is 1. The molecule has 1 atom stereocenters. The third-order valence-electron chi connectivity index (χ3n) is 3.15. The number of para-hydroxylation sites is 1. The average Bonchev–Trinajstić information content (AvgIpc) is 2.46. The first-order valence-corrected chi connectivity index (χ1v) is 6.41. The van der Waals surface area contributed by atoms with Crippen molar-refractivity contribution in [3.05, 3.63) is 59.7 Å². The molecule has 3 heteroatoms. The zero-order chi connectivity index (χ0) is 13.7. The maximum absolute atomic E-state index is 10.2. The third kappa shape index (κ3) is 3.26. The molecule has 19 heavy (non-hydrogen) atoms. The molecule has 0 aliphatic rings. The van der Waals surface area contributed by atoms with Crippen molar-refractivity contribution in [1.29, 1.82) is 0 Å². The molecule has 0 radical (unpaired) electrons. The number of hydrogen-bond donors (Lipinski definition) is 2. The summed E-state index contributed by atoms with van der Waals surface area (Å²) >= 11 is 0. The smallest absolute Gasteiger partial charge is 0.161 e. The van der Waals surface area contributed by atoms with Crippen LogP contribution in [0.5, 0.6) is 11.5 Å². The van der Waals surface area contributed by atoms with Crippen LogP contribution < -0.4 is 10.5 Å². The molecule has 3 N–H and O–H groups in total. The van der Waals surface area contributed by atoms with Gasteiger partial charge in [-0.2, -0.15) is 0 Å². The second-order valence-electron chi connectivity index (χ2n) is 4.61. The molecule has 0 saturated heterocycles. The average molecular weight is 257 g/mol.